The highest BCUT2D eigenvalue weighted by atomic mass is 16.5. The molecule has 0 saturated heterocycles. The van der Waals surface area contributed by atoms with Gasteiger partial charge in [0, 0.05) is 29.7 Å². The quantitative estimate of drug-likeness (QED) is 0.779. The molecule has 0 unspecified atom stereocenters. The summed E-state index contributed by atoms with van der Waals surface area (Å²) in [5.41, 5.74) is 4.49. The first-order valence-electron chi connectivity index (χ1n) is 7.44. The van der Waals surface area contributed by atoms with Crippen LogP contribution in [-0.4, -0.2) is 13.0 Å². The fourth-order valence-electron chi connectivity index (χ4n) is 2.91. The van der Waals surface area contributed by atoms with Crippen LogP contribution in [-0.2, 0) is 13.1 Å². The summed E-state index contributed by atoms with van der Waals surface area (Å²) in [6.45, 7) is 1.73. The number of hydrogen-bond donors (Lipinski definition) is 2. The van der Waals surface area contributed by atoms with E-state index in [1.807, 2.05) is 24.3 Å². The maximum atomic E-state index is 12.5. The zero-order chi connectivity index (χ0) is 15.8. The van der Waals surface area contributed by atoms with Crippen LogP contribution in [0.15, 0.2) is 47.1 Å². The van der Waals surface area contributed by atoms with Crippen molar-refractivity contribution < 1.29 is 13.9 Å². The number of fused-ring (bicyclic) bond motifs is 2. The van der Waals surface area contributed by atoms with E-state index in [1.54, 1.807) is 25.5 Å². The Labute approximate surface area is 133 Å². The third-order valence-electron chi connectivity index (χ3n) is 4.09. The number of anilines is 1. The predicted molar refractivity (Wildman–Crippen MR) is 87.7 cm³/mol. The van der Waals surface area contributed by atoms with Crippen LogP contribution in [0.4, 0.5) is 5.69 Å². The Kier molecular flexibility index (Phi) is 3.28. The van der Waals surface area contributed by atoms with Crippen LogP contribution in [0, 0.1) is 0 Å². The number of nitrogens with one attached hydrogen (secondary N) is 2. The molecule has 2 N–H and O–H groups in total. The minimum absolute atomic E-state index is 0.169. The SMILES string of the molecule is COc1cc(C(=O)Nc2ccc3c(c2)CNC3)cc2ccoc12. The molecule has 2 heterocycles. The third-order valence-corrected chi connectivity index (χ3v) is 4.09. The Bertz CT molecular complexity index is 898. The Morgan fingerprint density at radius 1 is 1.17 bits per heavy atom. The molecule has 5 heteroatoms. The summed E-state index contributed by atoms with van der Waals surface area (Å²) < 4.78 is 10.7. The van der Waals surface area contributed by atoms with Gasteiger partial charge in [0.25, 0.3) is 5.91 Å². The van der Waals surface area contributed by atoms with Crippen LogP contribution >= 0.6 is 0 Å². The van der Waals surface area contributed by atoms with Gasteiger partial charge in [0.1, 0.15) is 0 Å². The van der Waals surface area contributed by atoms with E-state index >= 15 is 0 Å². The van der Waals surface area contributed by atoms with Crippen molar-refractivity contribution in [2.24, 2.45) is 0 Å². The lowest BCUT2D eigenvalue weighted by Gasteiger charge is -2.09. The van der Waals surface area contributed by atoms with Gasteiger partial charge in [0.2, 0.25) is 0 Å². The lowest BCUT2D eigenvalue weighted by Crippen LogP contribution is -2.12. The maximum Gasteiger partial charge on any atom is 0.255 e. The van der Waals surface area contributed by atoms with E-state index in [2.05, 4.69) is 10.6 Å². The monoisotopic (exact) mass is 308 g/mol. The molecular formula is C18H16N2O3. The highest BCUT2D eigenvalue weighted by Gasteiger charge is 2.15. The molecule has 3 aromatic rings. The molecule has 1 aliphatic heterocycles. The Morgan fingerprint density at radius 2 is 2.04 bits per heavy atom. The van der Waals surface area contributed by atoms with Crippen LogP contribution in [0.3, 0.4) is 0 Å². The average Bonchev–Trinajstić information content (AvgIpc) is 3.21. The minimum atomic E-state index is -0.169. The number of benzene rings is 2. The Hall–Kier alpha value is -2.79. The van der Waals surface area contributed by atoms with Crippen molar-refractivity contribution in [3.8, 4) is 5.75 Å². The lowest BCUT2D eigenvalue weighted by molar-refractivity contribution is 0.102. The molecule has 0 spiro atoms. The molecule has 0 saturated carbocycles. The number of furan rings is 1. The fraction of sp³-hybridized carbons (Fsp3) is 0.167. The van der Waals surface area contributed by atoms with Crippen LogP contribution in [0.25, 0.3) is 11.0 Å². The second kappa shape index (κ2) is 5.44. The number of hydrogen-bond acceptors (Lipinski definition) is 4. The van der Waals surface area contributed by atoms with Crippen molar-refractivity contribution in [1.29, 1.82) is 0 Å². The van der Waals surface area contributed by atoms with E-state index in [0.717, 1.165) is 24.2 Å². The van der Waals surface area contributed by atoms with E-state index in [1.165, 1.54) is 11.1 Å². The van der Waals surface area contributed by atoms with Crippen LogP contribution in [0.2, 0.25) is 0 Å². The molecule has 1 aliphatic rings. The summed E-state index contributed by atoms with van der Waals surface area (Å²) in [5, 5.41) is 7.08. The van der Waals surface area contributed by atoms with Crippen molar-refractivity contribution in [2.75, 3.05) is 12.4 Å². The predicted octanol–water partition coefficient (Wildman–Crippen LogP) is 3.30. The van der Waals surface area contributed by atoms with E-state index in [4.69, 9.17) is 9.15 Å². The van der Waals surface area contributed by atoms with Crippen molar-refractivity contribution in [3.05, 3.63) is 59.4 Å². The van der Waals surface area contributed by atoms with Gasteiger partial charge >= 0.3 is 0 Å². The molecule has 1 amide bonds. The summed E-state index contributed by atoms with van der Waals surface area (Å²) >= 11 is 0. The molecule has 23 heavy (non-hydrogen) atoms. The number of carbonyl (C=O) groups is 1. The number of rotatable bonds is 3. The molecule has 2 aromatic carbocycles. The van der Waals surface area contributed by atoms with Gasteiger partial charge in [0.05, 0.1) is 13.4 Å². The second-order valence-corrected chi connectivity index (χ2v) is 5.56. The molecule has 0 aliphatic carbocycles. The largest absolute Gasteiger partial charge is 0.493 e. The molecular weight excluding hydrogens is 292 g/mol. The summed E-state index contributed by atoms with van der Waals surface area (Å²) in [7, 11) is 1.56. The van der Waals surface area contributed by atoms with Gasteiger partial charge in [0.15, 0.2) is 11.3 Å². The topological polar surface area (TPSA) is 63.5 Å². The van der Waals surface area contributed by atoms with Crippen LogP contribution < -0.4 is 15.4 Å². The minimum Gasteiger partial charge on any atom is -0.493 e. The first-order chi connectivity index (χ1) is 11.2. The average molecular weight is 308 g/mol. The number of ether oxygens (including phenoxy) is 1. The van der Waals surface area contributed by atoms with Crippen LogP contribution in [0.5, 0.6) is 5.75 Å². The van der Waals surface area contributed by atoms with Crippen molar-refractivity contribution in [3.63, 3.8) is 0 Å². The fourth-order valence-corrected chi connectivity index (χ4v) is 2.91. The van der Waals surface area contributed by atoms with Gasteiger partial charge in [-0.2, -0.15) is 0 Å². The van der Waals surface area contributed by atoms with Gasteiger partial charge in [-0.1, -0.05) is 6.07 Å². The highest BCUT2D eigenvalue weighted by molar-refractivity contribution is 6.07. The van der Waals surface area contributed by atoms with Crippen molar-refractivity contribution >= 4 is 22.6 Å². The summed E-state index contributed by atoms with van der Waals surface area (Å²) in [5.74, 6) is 0.383. The Balaban J connectivity index is 1.64. The van der Waals surface area contributed by atoms with E-state index in [0.29, 0.717) is 16.9 Å². The molecule has 0 fully saturated rings. The summed E-state index contributed by atoms with van der Waals surface area (Å²) in [6, 6.07) is 11.3. The third kappa shape index (κ3) is 2.45. The maximum absolute atomic E-state index is 12.5. The van der Waals surface area contributed by atoms with Gasteiger partial charge in [-0.05, 0) is 41.5 Å². The molecule has 116 valence electrons. The van der Waals surface area contributed by atoms with E-state index in [9.17, 15) is 4.79 Å². The first-order valence-corrected chi connectivity index (χ1v) is 7.44. The van der Waals surface area contributed by atoms with Gasteiger partial charge in [-0.25, -0.2) is 0 Å². The summed E-state index contributed by atoms with van der Waals surface area (Å²) in [6.07, 6.45) is 1.59. The lowest BCUT2D eigenvalue weighted by atomic mass is 10.1. The zero-order valence-electron chi connectivity index (χ0n) is 12.7. The zero-order valence-corrected chi connectivity index (χ0v) is 12.7. The number of amides is 1. The van der Waals surface area contributed by atoms with Gasteiger partial charge in [-0.3, -0.25) is 4.79 Å². The first kappa shape index (κ1) is 13.8. The second-order valence-electron chi connectivity index (χ2n) is 5.56. The molecule has 0 atom stereocenters. The van der Waals surface area contributed by atoms with Crippen molar-refractivity contribution in [2.45, 2.75) is 13.1 Å². The summed E-state index contributed by atoms with van der Waals surface area (Å²) in [4.78, 5) is 12.5. The van der Waals surface area contributed by atoms with Crippen LogP contribution in [0.1, 0.15) is 21.5 Å². The Morgan fingerprint density at radius 3 is 2.91 bits per heavy atom. The molecule has 5 nitrogen and oxygen atoms in total. The number of methoxy groups -OCH3 is 1. The standard InChI is InChI=1S/C18H16N2O3/c1-22-16-8-13(6-11-4-5-23-17(11)16)18(21)20-15-3-2-12-9-19-10-14(12)7-15/h2-8,19H,9-10H2,1H3,(H,20,21). The molecule has 4 rings (SSSR count). The normalized spacial score (nSPS) is 13.1. The van der Waals surface area contributed by atoms with E-state index < -0.39 is 0 Å². The smallest absolute Gasteiger partial charge is 0.255 e. The van der Waals surface area contributed by atoms with Gasteiger partial charge < -0.3 is 19.8 Å². The molecule has 0 radical (unpaired) electrons. The molecule has 0 bridgehead atoms. The number of carbonyl (C=O) groups excluding carboxylic acids is 1. The van der Waals surface area contributed by atoms with Crippen molar-refractivity contribution in [1.82, 2.24) is 5.32 Å². The molecule has 1 aromatic heterocycles. The van der Waals surface area contributed by atoms with E-state index in [-0.39, 0.29) is 5.91 Å². The van der Waals surface area contributed by atoms with Gasteiger partial charge in [-0.15, -0.1) is 0 Å². The highest BCUT2D eigenvalue weighted by Crippen LogP contribution is 2.29.